The van der Waals surface area contributed by atoms with Gasteiger partial charge in [-0.1, -0.05) is 0 Å². The predicted octanol–water partition coefficient (Wildman–Crippen LogP) is -0.967. The summed E-state index contributed by atoms with van der Waals surface area (Å²) in [7, 11) is -3.89. The van der Waals surface area contributed by atoms with Crippen molar-refractivity contribution in [3.05, 3.63) is 11.9 Å². The van der Waals surface area contributed by atoms with Crippen molar-refractivity contribution in [2.45, 2.75) is 25.3 Å². The number of carboxylic acid groups (broad SMARTS) is 1. The number of nitrogens with zero attached hydrogens (tertiary/aromatic N) is 3. The lowest BCUT2D eigenvalue weighted by Crippen LogP contribution is -2.41. The monoisotopic (exact) mass is 342 g/mol. The zero-order chi connectivity index (χ0) is 17.0. The van der Waals surface area contributed by atoms with Gasteiger partial charge >= 0.3 is 5.97 Å². The van der Waals surface area contributed by atoms with Gasteiger partial charge in [0, 0.05) is 26.2 Å². The molecule has 0 unspecified atom stereocenters. The van der Waals surface area contributed by atoms with Crippen molar-refractivity contribution in [3.63, 3.8) is 0 Å². The van der Waals surface area contributed by atoms with Crippen molar-refractivity contribution in [2.24, 2.45) is 11.3 Å². The van der Waals surface area contributed by atoms with Crippen molar-refractivity contribution in [2.75, 3.05) is 19.6 Å². The molecule has 1 aromatic heterocycles. The molecular weight excluding hydrogens is 324 g/mol. The largest absolute Gasteiger partial charge is 0.481 e. The summed E-state index contributed by atoms with van der Waals surface area (Å²) in [5.41, 5.74) is -0.892. The zero-order valence-electron chi connectivity index (χ0n) is 12.8. The third-order valence-corrected chi connectivity index (χ3v) is 6.72. The van der Waals surface area contributed by atoms with Crippen LogP contribution in [0.15, 0.2) is 11.1 Å². The maximum atomic E-state index is 12.8. The lowest BCUT2D eigenvalue weighted by atomic mass is 9.81. The highest BCUT2D eigenvalue weighted by Gasteiger charge is 2.61. The Kier molecular flexibility index (Phi) is 3.49. The lowest BCUT2D eigenvalue weighted by molar-refractivity contribution is -0.149. The number of carbonyl (C=O) groups excluding carboxylic acids is 1. The second-order valence-electron chi connectivity index (χ2n) is 5.94. The highest BCUT2D eigenvalue weighted by molar-refractivity contribution is 7.89. The summed E-state index contributed by atoms with van der Waals surface area (Å²) in [4.78, 5) is 23.6. The Balaban J connectivity index is 1.98. The van der Waals surface area contributed by atoms with Gasteiger partial charge < -0.3 is 10.4 Å². The van der Waals surface area contributed by atoms with Gasteiger partial charge in [-0.2, -0.15) is 9.40 Å². The van der Waals surface area contributed by atoms with E-state index >= 15 is 0 Å². The summed E-state index contributed by atoms with van der Waals surface area (Å²) < 4.78 is 28.3. The van der Waals surface area contributed by atoms with E-state index in [0.717, 1.165) is 4.31 Å². The van der Waals surface area contributed by atoms with Crippen LogP contribution in [0, 0.1) is 18.3 Å². The molecule has 2 atom stereocenters. The average Bonchev–Trinajstić information content (AvgIpc) is 3.13. The van der Waals surface area contributed by atoms with Gasteiger partial charge in [0.15, 0.2) is 0 Å². The number of hydrogen-bond acceptors (Lipinski definition) is 5. The summed E-state index contributed by atoms with van der Waals surface area (Å²) in [5.74, 6) is -2.43. The van der Waals surface area contributed by atoms with E-state index < -0.39 is 33.2 Å². The number of aromatic nitrogens is 2. The minimum atomic E-state index is -3.89. The van der Waals surface area contributed by atoms with Gasteiger partial charge in [0.2, 0.25) is 15.9 Å². The molecule has 2 aliphatic rings. The van der Waals surface area contributed by atoms with Gasteiger partial charge in [0.05, 0.1) is 17.8 Å². The molecule has 0 aliphatic carbocycles. The molecule has 0 spiro atoms. The third kappa shape index (κ3) is 2.08. The minimum Gasteiger partial charge on any atom is -0.481 e. The van der Waals surface area contributed by atoms with Crippen LogP contribution in [0.2, 0.25) is 0 Å². The average molecular weight is 342 g/mol. The first kappa shape index (κ1) is 15.9. The molecule has 2 aliphatic heterocycles. The summed E-state index contributed by atoms with van der Waals surface area (Å²) in [6.45, 7) is 3.64. The van der Waals surface area contributed by atoms with Crippen molar-refractivity contribution >= 4 is 21.9 Å². The van der Waals surface area contributed by atoms with Gasteiger partial charge in [0.25, 0.3) is 0 Å². The van der Waals surface area contributed by atoms with Crippen LogP contribution in [0.25, 0.3) is 0 Å². The molecule has 23 heavy (non-hydrogen) atoms. The highest BCUT2D eigenvalue weighted by Crippen LogP contribution is 2.42. The van der Waals surface area contributed by atoms with Gasteiger partial charge in [-0.3, -0.25) is 14.3 Å². The molecule has 3 rings (SSSR count). The normalized spacial score (nSPS) is 27.9. The zero-order valence-corrected chi connectivity index (χ0v) is 13.6. The quantitative estimate of drug-likeness (QED) is 0.726. The van der Waals surface area contributed by atoms with Crippen LogP contribution >= 0.6 is 0 Å². The second-order valence-corrected chi connectivity index (χ2v) is 7.85. The molecule has 2 saturated heterocycles. The maximum Gasteiger partial charge on any atom is 0.313 e. The van der Waals surface area contributed by atoms with Crippen molar-refractivity contribution in [1.82, 2.24) is 19.4 Å². The molecule has 0 aromatic carbocycles. The molecule has 2 N–H and O–H groups in total. The Bertz CT molecular complexity index is 786. The number of carbonyl (C=O) groups is 2. The van der Waals surface area contributed by atoms with Crippen LogP contribution in [0.5, 0.6) is 0 Å². The number of carboxylic acids is 1. The summed E-state index contributed by atoms with van der Waals surface area (Å²) in [6, 6.07) is 0. The van der Waals surface area contributed by atoms with Crippen LogP contribution in [-0.4, -0.2) is 59.1 Å². The summed E-state index contributed by atoms with van der Waals surface area (Å²) >= 11 is 0. The number of aliphatic carboxylic acids is 1. The fraction of sp³-hybridized carbons (Fsp3) is 0.615. The maximum absolute atomic E-state index is 12.8. The van der Waals surface area contributed by atoms with Crippen LogP contribution in [0.4, 0.5) is 0 Å². The Hall–Kier alpha value is -1.94. The molecular formula is C13H18N4O5S. The van der Waals surface area contributed by atoms with Gasteiger partial charge in [-0.05, 0) is 13.8 Å². The Morgan fingerprint density at radius 3 is 2.78 bits per heavy atom. The van der Waals surface area contributed by atoms with Crippen LogP contribution in [0.3, 0.4) is 0 Å². The van der Waals surface area contributed by atoms with Crippen LogP contribution in [0.1, 0.15) is 12.6 Å². The number of nitrogens with one attached hydrogen (secondary N) is 1. The van der Waals surface area contributed by atoms with Gasteiger partial charge in [-0.25, -0.2) is 8.42 Å². The minimum absolute atomic E-state index is 0.0505. The molecule has 0 saturated carbocycles. The van der Waals surface area contributed by atoms with Crippen molar-refractivity contribution in [1.29, 1.82) is 0 Å². The molecule has 0 radical (unpaired) electrons. The van der Waals surface area contributed by atoms with E-state index in [1.165, 1.54) is 6.20 Å². The second kappa shape index (κ2) is 5.03. The van der Waals surface area contributed by atoms with E-state index in [1.807, 2.05) is 6.92 Å². The molecule has 3 heterocycles. The topological polar surface area (TPSA) is 122 Å². The molecule has 1 amide bonds. The van der Waals surface area contributed by atoms with E-state index in [2.05, 4.69) is 10.4 Å². The van der Waals surface area contributed by atoms with Crippen LogP contribution in [-0.2, 0) is 26.2 Å². The van der Waals surface area contributed by atoms with E-state index in [-0.39, 0.29) is 24.5 Å². The molecule has 0 bridgehead atoms. The van der Waals surface area contributed by atoms with Crippen LogP contribution < -0.4 is 5.32 Å². The number of amides is 1. The van der Waals surface area contributed by atoms with Gasteiger partial charge in [0.1, 0.15) is 10.3 Å². The van der Waals surface area contributed by atoms with E-state index in [4.69, 9.17) is 0 Å². The number of sulfonamides is 1. The third-order valence-electron chi connectivity index (χ3n) is 4.81. The molecule has 126 valence electrons. The first-order valence-corrected chi connectivity index (χ1v) is 8.71. The SMILES string of the molecule is CCn1ncc(S(=O)(=O)N2C[C@H]3C(=O)NC[C@@]3(C(=O)O)C2)c1C. The molecule has 1 aromatic rings. The van der Waals surface area contributed by atoms with E-state index in [0.29, 0.717) is 12.2 Å². The summed E-state index contributed by atoms with van der Waals surface area (Å²) in [5, 5.41) is 16.1. The van der Waals surface area contributed by atoms with Gasteiger partial charge in [-0.15, -0.1) is 0 Å². The van der Waals surface area contributed by atoms with Crippen molar-refractivity contribution in [3.8, 4) is 0 Å². The Morgan fingerprint density at radius 2 is 2.26 bits per heavy atom. The smallest absolute Gasteiger partial charge is 0.313 e. The number of rotatable bonds is 4. The lowest BCUT2D eigenvalue weighted by Gasteiger charge is -2.21. The Labute approximate surface area is 133 Å². The molecule has 2 fully saturated rings. The predicted molar refractivity (Wildman–Crippen MR) is 78.0 cm³/mol. The molecule has 9 nitrogen and oxygen atoms in total. The number of fused-ring (bicyclic) bond motifs is 1. The first-order valence-electron chi connectivity index (χ1n) is 7.27. The van der Waals surface area contributed by atoms with E-state index in [9.17, 15) is 23.1 Å². The Morgan fingerprint density at radius 1 is 1.57 bits per heavy atom. The highest BCUT2D eigenvalue weighted by atomic mass is 32.2. The molecule has 10 heteroatoms. The first-order chi connectivity index (χ1) is 10.7. The fourth-order valence-corrected chi connectivity index (χ4v) is 5.05. The standard InChI is InChI=1S/C13H18N4O5S/c1-3-17-8(2)10(4-15-17)23(21,22)16-5-9-11(18)14-6-13(9,7-16)12(19)20/h4,9H,3,5-7H2,1-2H3,(H,14,18)(H,19,20)/t9-,13+/m0/s1. The number of hydrogen-bond donors (Lipinski definition) is 2. The number of aryl methyl sites for hydroxylation is 1. The fourth-order valence-electron chi connectivity index (χ4n) is 3.36. The van der Waals surface area contributed by atoms with Crippen molar-refractivity contribution < 1.29 is 23.1 Å². The summed E-state index contributed by atoms with van der Waals surface area (Å²) in [6.07, 6.45) is 1.27. The van der Waals surface area contributed by atoms with E-state index in [1.54, 1.807) is 11.6 Å².